The number of nitrogens with two attached hydrogens (primary N) is 1. The van der Waals surface area contributed by atoms with E-state index in [1.165, 1.54) is 19.2 Å². The van der Waals surface area contributed by atoms with E-state index in [1.54, 1.807) is 12.1 Å². The molecule has 188 valence electrons. The monoisotopic (exact) mass is 505 g/mol. The third-order valence-electron chi connectivity index (χ3n) is 6.15. The molecule has 0 fully saturated rings. The van der Waals surface area contributed by atoms with Crippen molar-refractivity contribution in [2.75, 3.05) is 7.11 Å². The number of alkyl halides is 3. The first-order chi connectivity index (χ1) is 17.8. The largest absolute Gasteiger partial charge is 0.494 e. The van der Waals surface area contributed by atoms with Crippen LogP contribution in [0.5, 0.6) is 5.75 Å². The number of nitrogens with one attached hydrogen (secondary N) is 1. The summed E-state index contributed by atoms with van der Waals surface area (Å²) in [6.45, 7) is 0.252. The van der Waals surface area contributed by atoms with Gasteiger partial charge in [0, 0.05) is 17.5 Å². The number of ether oxygens (including phenoxy) is 1. The number of pyridine rings is 1. The number of halogens is 3. The Balaban J connectivity index is 1.49. The zero-order valence-corrected chi connectivity index (χ0v) is 19.7. The average Bonchev–Trinajstić information content (AvgIpc) is 3.34. The van der Waals surface area contributed by atoms with Crippen molar-refractivity contribution in [1.29, 1.82) is 0 Å². The quantitative estimate of drug-likeness (QED) is 0.293. The molecule has 0 saturated heterocycles. The minimum atomic E-state index is -4.61. The molecule has 6 nitrogen and oxygen atoms in total. The molecule has 3 N–H and O–H groups in total. The van der Waals surface area contributed by atoms with Crippen LogP contribution in [0.1, 0.15) is 27.4 Å². The van der Waals surface area contributed by atoms with E-state index in [1.807, 2.05) is 42.5 Å². The molecule has 5 rings (SSSR count). The molecule has 9 heteroatoms. The van der Waals surface area contributed by atoms with E-state index in [4.69, 9.17) is 14.9 Å². The van der Waals surface area contributed by atoms with Gasteiger partial charge in [0.25, 0.3) is 5.91 Å². The molecule has 1 amide bonds. The van der Waals surface area contributed by atoms with Crippen molar-refractivity contribution < 1.29 is 27.1 Å². The van der Waals surface area contributed by atoms with Gasteiger partial charge in [0.1, 0.15) is 28.5 Å². The van der Waals surface area contributed by atoms with Gasteiger partial charge in [-0.25, -0.2) is 4.98 Å². The zero-order valence-electron chi connectivity index (χ0n) is 19.7. The Morgan fingerprint density at radius 3 is 2.57 bits per heavy atom. The second-order valence-electron chi connectivity index (χ2n) is 8.38. The lowest BCUT2D eigenvalue weighted by molar-refractivity contribution is -0.140. The summed E-state index contributed by atoms with van der Waals surface area (Å²) < 4.78 is 50.9. The Labute approximate surface area is 209 Å². The molecule has 2 heterocycles. The molecule has 0 aliphatic carbocycles. The topological polar surface area (TPSA) is 90.4 Å². The van der Waals surface area contributed by atoms with Crippen molar-refractivity contribution in [2.24, 2.45) is 5.73 Å². The third kappa shape index (κ3) is 4.61. The first-order valence-electron chi connectivity index (χ1n) is 11.4. The number of amides is 1. The smallest absolute Gasteiger partial charge is 0.433 e. The number of benzene rings is 3. The Bertz CT molecular complexity index is 1620. The summed E-state index contributed by atoms with van der Waals surface area (Å²) >= 11 is 0. The van der Waals surface area contributed by atoms with Gasteiger partial charge in [-0.05, 0) is 46.7 Å². The molecule has 0 bridgehead atoms. The van der Waals surface area contributed by atoms with Crippen molar-refractivity contribution in [3.05, 3.63) is 95.4 Å². The van der Waals surface area contributed by atoms with E-state index < -0.39 is 11.9 Å². The van der Waals surface area contributed by atoms with Gasteiger partial charge in [0.15, 0.2) is 0 Å². The zero-order chi connectivity index (χ0) is 26.2. The predicted molar refractivity (Wildman–Crippen MR) is 134 cm³/mol. The molecule has 3 aromatic carbocycles. The predicted octanol–water partition coefficient (Wildman–Crippen LogP) is 6.06. The molecule has 0 saturated carbocycles. The number of rotatable bonds is 6. The van der Waals surface area contributed by atoms with E-state index >= 15 is 0 Å². The van der Waals surface area contributed by atoms with Gasteiger partial charge in [-0.15, -0.1) is 0 Å². The van der Waals surface area contributed by atoms with Gasteiger partial charge in [-0.1, -0.05) is 42.5 Å². The van der Waals surface area contributed by atoms with Gasteiger partial charge in [-0.3, -0.25) is 4.79 Å². The minimum Gasteiger partial charge on any atom is -0.494 e. The Morgan fingerprint density at radius 2 is 1.81 bits per heavy atom. The first kappa shape index (κ1) is 24.3. The summed E-state index contributed by atoms with van der Waals surface area (Å²) in [5.74, 6) is 0.349. The molecule has 0 aliphatic heterocycles. The van der Waals surface area contributed by atoms with E-state index in [-0.39, 0.29) is 40.8 Å². The molecule has 0 radical (unpaired) electrons. The molecule has 0 aliphatic rings. The molecular weight excluding hydrogens is 483 g/mol. The molecule has 5 aromatic rings. The lowest BCUT2D eigenvalue weighted by atomic mass is 10.0. The van der Waals surface area contributed by atoms with E-state index in [2.05, 4.69) is 10.3 Å². The summed E-state index contributed by atoms with van der Waals surface area (Å²) in [6.07, 6.45) is -4.61. The van der Waals surface area contributed by atoms with Gasteiger partial charge in [0.05, 0.1) is 19.2 Å². The maximum Gasteiger partial charge on any atom is 0.433 e. The molecule has 0 spiro atoms. The highest BCUT2D eigenvalue weighted by molar-refractivity contribution is 6.00. The van der Waals surface area contributed by atoms with Crippen LogP contribution in [0.15, 0.2) is 77.2 Å². The Morgan fingerprint density at radius 1 is 1.03 bits per heavy atom. The normalized spacial score (nSPS) is 11.7. The van der Waals surface area contributed by atoms with Gasteiger partial charge < -0.3 is 20.2 Å². The molecular formula is C28H22F3N3O3. The van der Waals surface area contributed by atoms with Crippen molar-refractivity contribution in [2.45, 2.75) is 19.3 Å². The summed E-state index contributed by atoms with van der Waals surface area (Å²) in [7, 11) is 1.36. The standard InChI is InChI=1S/C28H22F3N3O3/c1-36-22-11-9-19(20-10-12-25(28(29,30)31)34-26(20)22)23-13-21(24(14-32)37-23)27(35)33-15-17-7-4-6-16-5-2-3-8-18(16)17/h2-13H,14-15,32H2,1H3,(H,33,35). The van der Waals surface area contributed by atoms with Crippen LogP contribution in [0.2, 0.25) is 0 Å². The van der Waals surface area contributed by atoms with Crippen molar-refractivity contribution in [3.63, 3.8) is 0 Å². The number of methoxy groups -OCH3 is 1. The van der Waals surface area contributed by atoms with Crippen LogP contribution in [-0.2, 0) is 19.3 Å². The maximum atomic E-state index is 13.3. The lowest BCUT2D eigenvalue weighted by Crippen LogP contribution is -2.23. The summed E-state index contributed by atoms with van der Waals surface area (Å²) in [5.41, 5.74) is 6.52. The van der Waals surface area contributed by atoms with Crippen molar-refractivity contribution in [1.82, 2.24) is 10.3 Å². The molecule has 37 heavy (non-hydrogen) atoms. The van der Waals surface area contributed by atoms with Crippen LogP contribution in [0, 0.1) is 0 Å². The number of hydrogen-bond acceptors (Lipinski definition) is 5. The highest BCUT2D eigenvalue weighted by atomic mass is 19.4. The maximum absolute atomic E-state index is 13.3. The van der Waals surface area contributed by atoms with Crippen LogP contribution in [0.25, 0.3) is 33.0 Å². The number of nitrogens with zero attached hydrogens (tertiary/aromatic N) is 1. The second kappa shape index (κ2) is 9.59. The fourth-order valence-electron chi connectivity index (χ4n) is 4.35. The SMILES string of the molecule is COc1ccc(-c2cc(C(=O)NCc3cccc4ccccc34)c(CN)o2)c2ccc(C(F)(F)F)nc12. The van der Waals surface area contributed by atoms with Crippen molar-refractivity contribution >= 4 is 27.6 Å². The summed E-state index contributed by atoms with van der Waals surface area (Å²) in [6, 6.07) is 20.7. The number of fused-ring (bicyclic) bond motifs is 2. The molecule has 2 aromatic heterocycles. The van der Waals surface area contributed by atoms with Gasteiger partial charge >= 0.3 is 6.18 Å². The number of hydrogen-bond donors (Lipinski definition) is 2. The fraction of sp³-hybridized carbons (Fsp3) is 0.143. The average molecular weight is 505 g/mol. The fourth-order valence-corrected chi connectivity index (χ4v) is 4.35. The van der Waals surface area contributed by atoms with Crippen LogP contribution in [-0.4, -0.2) is 18.0 Å². The van der Waals surface area contributed by atoms with Crippen molar-refractivity contribution in [3.8, 4) is 17.1 Å². The minimum absolute atomic E-state index is 0.0301. The summed E-state index contributed by atoms with van der Waals surface area (Å²) in [5, 5.41) is 5.40. The van der Waals surface area contributed by atoms with E-state index in [0.717, 1.165) is 22.4 Å². The highest BCUT2D eigenvalue weighted by Crippen LogP contribution is 2.38. The molecule has 0 atom stereocenters. The second-order valence-corrected chi connectivity index (χ2v) is 8.38. The number of carbonyl (C=O) groups excluding carboxylic acids is 1. The van der Waals surface area contributed by atoms with Gasteiger partial charge in [-0.2, -0.15) is 13.2 Å². The number of aromatic nitrogens is 1. The Hall–Kier alpha value is -4.37. The third-order valence-corrected chi connectivity index (χ3v) is 6.15. The van der Waals surface area contributed by atoms with Crippen LogP contribution >= 0.6 is 0 Å². The van der Waals surface area contributed by atoms with Crippen LogP contribution in [0.4, 0.5) is 13.2 Å². The summed E-state index contributed by atoms with van der Waals surface area (Å²) in [4.78, 5) is 16.9. The lowest BCUT2D eigenvalue weighted by Gasteiger charge is -2.11. The van der Waals surface area contributed by atoms with Gasteiger partial charge in [0.2, 0.25) is 0 Å². The van der Waals surface area contributed by atoms with E-state index in [0.29, 0.717) is 17.5 Å². The number of furan rings is 1. The first-order valence-corrected chi connectivity index (χ1v) is 11.4. The highest BCUT2D eigenvalue weighted by Gasteiger charge is 2.33. The van der Waals surface area contributed by atoms with Crippen LogP contribution in [0.3, 0.4) is 0 Å². The number of carbonyl (C=O) groups is 1. The Kier molecular flexibility index (Phi) is 6.31. The van der Waals surface area contributed by atoms with Crippen LogP contribution < -0.4 is 15.8 Å². The van der Waals surface area contributed by atoms with E-state index in [9.17, 15) is 18.0 Å². The molecule has 0 unspecified atom stereocenters.